The van der Waals surface area contributed by atoms with E-state index in [1.165, 1.54) is 18.2 Å². The molecule has 1 atom stereocenters. The number of nitro groups is 1. The first-order chi connectivity index (χ1) is 14.5. The Bertz CT molecular complexity index is 1000. The summed E-state index contributed by atoms with van der Waals surface area (Å²) in [6.45, 7) is 3.86. The second-order valence-corrected chi connectivity index (χ2v) is 6.32. The lowest BCUT2D eigenvalue weighted by molar-refractivity contribution is -0.385. The lowest BCUT2D eigenvalue weighted by Crippen LogP contribution is -2.45. The monoisotopic (exact) mass is 411 g/mol. The first kappa shape index (κ1) is 20.8. The summed E-state index contributed by atoms with van der Waals surface area (Å²) < 4.78 is 10.9. The standard InChI is InChI=1S/C21H21N3O6/c1-3-29-16-11-10-14(24(27)28)12-15(16)19-17(20(25)30-4-2)18(22-21(26)23-19)13-8-6-5-7-9-13/h5-12,19H,3-4H2,1-2H3,(H2,22,23,26)/t19-/m0/s1. The quantitative estimate of drug-likeness (QED) is 0.410. The summed E-state index contributed by atoms with van der Waals surface area (Å²) in [6, 6.07) is 11.3. The average Bonchev–Trinajstić information content (AvgIpc) is 2.74. The van der Waals surface area contributed by atoms with Gasteiger partial charge >= 0.3 is 12.0 Å². The van der Waals surface area contributed by atoms with Crippen molar-refractivity contribution in [2.75, 3.05) is 13.2 Å². The molecule has 0 spiro atoms. The normalized spacial score (nSPS) is 15.8. The van der Waals surface area contributed by atoms with Crippen LogP contribution >= 0.6 is 0 Å². The van der Waals surface area contributed by atoms with Gasteiger partial charge < -0.3 is 20.1 Å². The van der Waals surface area contributed by atoms with Crippen LogP contribution < -0.4 is 15.4 Å². The Morgan fingerprint density at radius 2 is 1.87 bits per heavy atom. The van der Waals surface area contributed by atoms with Crippen LogP contribution in [0.4, 0.5) is 10.5 Å². The third-order valence-electron chi connectivity index (χ3n) is 4.44. The fourth-order valence-corrected chi connectivity index (χ4v) is 3.22. The molecule has 156 valence electrons. The van der Waals surface area contributed by atoms with E-state index in [2.05, 4.69) is 10.6 Å². The van der Waals surface area contributed by atoms with E-state index < -0.39 is 23.0 Å². The molecular formula is C21H21N3O6. The third kappa shape index (κ3) is 4.24. The molecule has 0 radical (unpaired) electrons. The van der Waals surface area contributed by atoms with Crippen molar-refractivity contribution in [3.05, 3.63) is 75.3 Å². The van der Waals surface area contributed by atoms with Crippen molar-refractivity contribution in [2.24, 2.45) is 0 Å². The van der Waals surface area contributed by atoms with Crippen molar-refractivity contribution in [1.29, 1.82) is 0 Å². The Morgan fingerprint density at radius 3 is 2.50 bits per heavy atom. The number of rotatable bonds is 7. The van der Waals surface area contributed by atoms with E-state index in [1.54, 1.807) is 38.1 Å². The molecule has 1 heterocycles. The van der Waals surface area contributed by atoms with Crippen LogP contribution in [0.2, 0.25) is 0 Å². The summed E-state index contributed by atoms with van der Waals surface area (Å²) in [5.74, 6) is -0.327. The van der Waals surface area contributed by atoms with E-state index in [0.717, 1.165) is 0 Å². The molecule has 2 N–H and O–H groups in total. The summed E-state index contributed by atoms with van der Waals surface area (Å²) >= 11 is 0. The SMILES string of the molecule is CCOC(=O)C1=C(c2ccccc2)NC(=O)N[C@H]1c1cc([N+](=O)[O-])ccc1OCC. The van der Waals surface area contributed by atoms with Crippen molar-refractivity contribution in [2.45, 2.75) is 19.9 Å². The molecule has 0 aromatic heterocycles. The average molecular weight is 411 g/mol. The van der Waals surface area contributed by atoms with Crippen molar-refractivity contribution >= 4 is 23.4 Å². The molecule has 1 aliphatic heterocycles. The van der Waals surface area contributed by atoms with Crippen LogP contribution in [0.15, 0.2) is 54.1 Å². The summed E-state index contributed by atoms with van der Waals surface area (Å²) in [7, 11) is 0. The van der Waals surface area contributed by atoms with Gasteiger partial charge in [0.15, 0.2) is 0 Å². The van der Waals surface area contributed by atoms with Crippen molar-refractivity contribution in [1.82, 2.24) is 10.6 Å². The number of carbonyl (C=O) groups excluding carboxylic acids is 2. The highest BCUT2D eigenvalue weighted by molar-refractivity contribution is 6.04. The van der Waals surface area contributed by atoms with Crippen LogP contribution in [0.5, 0.6) is 5.75 Å². The maximum atomic E-state index is 12.9. The molecule has 2 aromatic carbocycles. The Kier molecular flexibility index (Phi) is 6.31. The molecular weight excluding hydrogens is 390 g/mol. The van der Waals surface area contributed by atoms with E-state index in [1.807, 2.05) is 6.07 Å². The highest BCUT2D eigenvalue weighted by Crippen LogP contribution is 2.38. The van der Waals surface area contributed by atoms with Gasteiger partial charge in [-0.05, 0) is 25.5 Å². The second-order valence-electron chi connectivity index (χ2n) is 6.32. The zero-order valence-corrected chi connectivity index (χ0v) is 16.5. The number of urea groups is 1. The zero-order valence-electron chi connectivity index (χ0n) is 16.5. The number of benzene rings is 2. The minimum atomic E-state index is -1.01. The van der Waals surface area contributed by atoms with Gasteiger partial charge in [0.1, 0.15) is 5.75 Å². The molecule has 0 aliphatic carbocycles. The fraction of sp³-hybridized carbons (Fsp3) is 0.238. The minimum absolute atomic E-state index is 0.123. The maximum absolute atomic E-state index is 12.9. The van der Waals surface area contributed by atoms with Crippen LogP contribution in [-0.4, -0.2) is 30.1 Å². The molecule has 0 saturated carbocycles. The number of amides is 2. The van der Waals surface area contributed by atoms with Crippen molar-refractivity contribution in [3.63, 3.8) is 0 Å². The van der Waals surface area contributed by atoms with Gasteiger partial charge in [-0.2, -0.15) is 0 Å². The molecule has 0 unspecified atom stereocenters. The van der Waals surface area contributed by atoms with E-state index in [-0.39, 0.29) is 29.1 Å². The number of esters is 1. The highest BCUT2D eigenvalue weighted by atomic mass is 16.6. The van der Waals surface area contributed by atoms with Gasteiger partial charge in [0.25, 0.3) is 5.69 Å². The number of nitro benzene ring substituents is 1. The van der Waals surface area contributed by atoms with Gasteiger partial charge in [-0.3, -0.25) is 10.1 Å². The van der Waals surface area contributed by atoms with Crippen LogP contribution in [0, 0.1) is 10.1 Å². The molecule has 9 heteroatoms. The van der Waals surface area contributed by atoms with Crippen LogP contribution in [0.1, 0.15) is 31.0 Å². The number of carbonyl (C=O) groups is 2. The first-order valence-electron chi connectivity index (χ1n) is 9.41. The van der Waals surface area contributed by atoms with Crippen LogP contribution in [0.25, 0.3) is 5.70 Å². The Morgan fingerprint density at radius 1 is 1.13 bits per heavy atom. The van der Waals surface area contributed by atoms with E-state index >= 15 is 0 Å². The van der Waals surface area contributed by atoms with E-state index in [4.69, 9.17) is 9.47 Å². The first-order valence-corrected chi connectivity index (χ1v) is 9.41. The number of hydrogen-bond donors (Lipinski definition) is 2. The zero-order chi connectivity index (χ0) is 21.7. The van der Waals surface area contributed by atoms with Crippen LogP contribution in [-0.2, 0) is 9.53 Å². The molecule has 0 saturated heterocycles. The molecule has 9 nitrogen and oxygen atoms in total. The highest BCUT2D eigenvalue weighted by Gasteiger charge is 2.36. The summed E-state index contributed by atoms with van der Waals surface area (Å²) in [4.78, 5) is 36.2. The maximum Gasteiger partial charge on any atom is 0.338 e. The number of ether oxygens (including phenoxy) is 2. The van der Waals surface area contributed by atoms with Gasteiger partial charge in [-0.25, -0.2) is 9.59 Å². The van der Waals surface area contributed by atoms with Gasteiger partial charge in [-0.15, -0.1) is 0 Å². The molecule has 3 rings (SSSR count). The molecule has 30 heavy (non-hydrogen) atoms. The molecule has 1 aliphatic rings. The van der Waals surface area contributed by atoms with Gasteiger partial charge in [-0.1, -0.05) is 30.3 Å². The Hall–Kier alpha value is -3.88. The topological polar surface area (TPSA) is 120 Å². The molecule has 0 fully saturated rings. The summed E-state index contributed by atoms with van der Waals surface area (Å²) in [6.07, 6.45) is 0. The molecule has 2 amide bonds. The van der Waals surface area contributed by atoms with E-state index in [0.29, 0.717) is 17.9 Å². The lowest BCUT2D eigenvalue weighted by atomic mass is 9.91. The second kappa shape index (κ2) is 9.08. The molecule has 0 bridgehead atoms. The lowest BCUT2D eigenvalue weighted by Gasteiger charge is -2.30. The van der Waals surface area contributed by atoms with E-state index in [9.17, 15) is 19.7 Å². The summed E-state index contributed by atoms with van der Waals surface area (Å²) in [5, 5.41) is 16.7. The fourth-order valence-electron chi connectivity index (χ4n) is 3.22. The third-order valence-corrected chi connectivity index (χ3v) is 4.44. The van der Waals surface area contributed by atoms with Gasteiger partial charge in [0.05, 0.1) is 35.4 Å². The van der Waals surface area contributed by atoms with Gasteiger partial charge in [0, 0.05) is 17.7 Å². The molecule has 2 aromatic rings. The Balaban J connectivity index is 2.25. The largest absolute Gasteiger partial charge is 0.493 e. The number of hydrogen-bond acceptors (Lipinski definition) is 6. The van der Waals surface area contributed by atoms with Gasteiger partial charge in [0.2, 0.25) is 0 Å². The Labute approximate surface area is 172 Å². The summed E-state index contributed by atoms with van der Waals surface area (Å²) in [5.41, 5.74) is 1.10. The van der Waals surface area contributed by atoms with Crippen molar-refractivity contribution in [3.8, 4) is 5.75 Å². The predicted molar refractivity (Wildman–Crippen MR) is 109 cm³/mol. The van der Waals surface area contributed by atoms with Crippen molar-refractivity contribution < 1.29 is 24.0 Å². The smallest absolute Gasteiger partial charge is 0.338 e. The number of nitrogens with zero attached hydrogens (tertiary/aromatic N) is 1. The number of non-ortho nitro benzene ring substituents is 1. The minimum Gasteiger partial charge on any atom is -0.493 e. The predicted octanol–water partition coefficient (Wildman–Crippen LogP) is 3.32. The number of nitrogens with one attached hydrogen (secondary N) is 2. The van der Waals surface area contributed by atoms with Crippen LogP contribution in [0.3, 0.4) is 0 Å².